The highest BCUT2D eigenvalue weighted by molar-refractivity contribution is 5.33. The van der Waals surface area contributed by atoms with Crippen LogP contribution in [0.3, 0.4) is 0 Å². The molecule has 0 N–H and O–H groups in total. The number of hydrogen-bond acceptors (Lipinski definition) is 3. The summed E-state index contributed by atoms with van der Waals surface area (Å²) in [6, 6.07) is 1.72. The monoisotopic (exact) mass is 486 g/mol. The van der Waals surface area contributed by atoms with Gasteiger partial charge in [0.2, 0.25) is 0 Å². The molecule has 1 unspecified atom stereocenters. The molecule has 0 bridgehead atoms. The molecule has 0 aliphatic rings. The van der Waals surface area contributed by atoms with Crippen LogP contribution in [0.4, 0.5) is 26.3 Å². The summed E-state index contributed by atoms with van der Waals surface area (Å²) < 4.78 is 95.1. The molecule has 0 fully saturated rings. The molecule has 1 aromatic rings. The molecule has 0 aliphatic heterocycles. The van der Waals surface area contributed by atoms with E-state index in [1.54, 1.807) is 0 Å². The van der Waals surface area contributed by atoms with Crippen LogP contribution in [0.15, 0.2) is 18.2 Å². The average Bonchev–Trinajstić information content (AvgIpc) is 2.75. The van der Waals surface area contributed by atoms with Gasteiger partial charge in [0.1, 0.15) is 0 Å². The minimum absolute atomic E-state index is 0.00619. The smallest absolute Gasteiger partial charge is 0.331 e. The van der Waals surface area contributed by atoms with Crippen molar-refractivity contribution in [2.24, 2.45) is 5.92 Å². The average molecular weight is 487 g/mol. The molecule has 1 rings (SSSR count). The first kappa shape index (κ1) is 29.7. The van der Waals surface area contributed by atoms with Gasteiger partial charge >= 0.3 is 12.4 Å². The predicted molar refractivity (Wildman–Crippen MR) is 115 cm³/mol. The van der Waals surface area contributed by atoms with Gasteiger partial charge < -0.3 is 14.2 Å². The van der Waals surface area contributed by atoms with Crippen molar-refractivity contribution >= 4 is 0 Å². The van der Waals surface area contributed by atoms with E-state index in [-0.39, 0.29) is 24.0 Å². The number of halogens is 6. The van der Waals surface area contributed by atoms with Gasteiger partial charge in [-0.05, 0) is 49.4 Å². The van der Waals surface area contributed by atoms with E-state index in [1.807, 2.05) is 0 Å². The van der Waals surface area contributed by atoms with Gasteiger partial charge in [-0.3, -0.25) is 0 Å². The van der Waals surface area contributed by atoms with Crippen molar-refractivity contribution < 1.29 is 40.6 Å². The molecular weight excluding hydrogens is 450 g/mol. The Bertz CT molecular complexity index is 643. The van der Waals surface area contributed by atoms with Crippen LogP contribution in [0.2, 0.25) is 0 Å². The highest BCUT2D eigenvalue weighted by Gasteiger charge is 2.40. The molecule has 9 heteroatoms. The van der Waals surface area contributed by atoms with Crippen LogP contribution in [-0.2, 0) is 33.0 Å². The fourth-order valence-electron chi connectivity index (χ4n) is 4.14. The van der Waals surface area contributed by atoms with Crippen molar-refractivity contribution in [3.8, 4) is 0 Å². The van der Waals surface area contributed by atoms with Gasteiger partial charge in [0, 0.05) is 27.2 Å². The van der Waals surface area contributed by atoms with E-state index in [4.69, 9.17) is 14.2 Å². The lowest BCUT2D eigenvalue weighted by Crippen LogP contribution is -2.44. The second-order valence-corrected chi connectivity index (χ2v) is 8.28. The first-order valence-corrected chi connectivity index (χ1v) is 11.4. The summed E-state index contributed by atoms with van der Waals surface area (Å²) in [7, 11) is 4.34. The third-order valence-electron chi connectivity index (χ3n) is 5.93. The first-order chi connectivity index (χ1) is 15.4. The van der Waals surface area contributed by atoms with Crippen LogP contribution in [0.1, 0.15) is 81.4 Å². The summed E-state index contributed by atoms with van der Waals surface area (Å²) in [5.74, 6) is -1.54. The Balaban J connectivity index is 2.92. The van der Waals surface area contributed by atoms with E-state index in [0.717, 1.165) is 44.2 Å². The van der Waals surface area contributed by atoms with E-state index in [0.29, 0.717) is 19.3 Å². The zero-order valence-electron chi connectivity index (χ0n) is 19.9. The molecule has 0 saturated carbocycles. The summed E-state index contributed by atoms with van der Waals surface area (Å²) in [5, 5.41) is 0. The lowest BCUT2D eigenvalue weighted by atomic mass is 9.91. The summed E-state index contributed by atoms with van der Waals surface area (Å²) in [6.07, 6.45) is -1.62. The summed E-state index contributed by atoms with van der Waals surface area (Å²) in [6.45, 7) is 2.14. The Labute approximate surface area is 192 Å². The summed E-state index contributed by atoms with van der Waals surface area (Å²) >= 11 is 0. The maximum atomic E-state index is 13.1. The fraction of sp³-hybridized carbons (Fsp3) is 0.750. The number of hydrogen-bond donors (Lipinski definition) is 0. The molecule has 0 spiro atoms. The lowest BCUT2D eigenvalue weighted by Gasteiger charge is -2.36. The van der Waals surface area contributed by atoms with Crippen LogP contribution >= 0.6 is 0 Å². The van der Waals surface area contributed by atoms with Gasteiger partial charge in [-0.15, -0.1) is 0 Å². The van der Waals surface area contributed by atoms with Crippen molar-refractivity contribution in [3.63, 3.8) is 0 Å². The summed E-state index contributed by atoms with van der Waals surface area (Å²) in [5.41, 5.74) is -2.60. The summed E-state index contributed by atoms with van der Waals surface area (Å²) in [4.78, 5) is 0. The SMILES string of the molecule is CCCCCCCCC(CCCc1cc(C(F)(F)F)cc(C(F)(F)F)c1)C(OC)(OC)OC. The van der Waals surface area contributed by atoms with E-state index in [9.17, 15) is 26.3 Å². The molecule has 0 aliphatic carbocycles. The Morgan fingerprint density at radius 1 is 0.667 bits per heavy atom. The van der Waals surface area contributed by atoms with E-state index in [1.165, 1.54) is 27.8 Å². The molecule has 0 heterocycles. The Kier molecular flexibility index (Phi) is 12.2. The Hall–Kier alpha value is -1.32. The number of unbranched alkanes of at least 4 members (excludes halogenated alkanes) is 5. The van der Waals surface area contributed by atoms with Crippen molar-refractivity contribution in [2.75, 3.05) is 21.3 Å². The van der Waals surface area contributed by atoms with Crippen LogP contribution in [0.5, 0.6) is 0 Å². The molecule has 192 valence electrons. The standard InChI is InChI=1S/C24H36F6O3/c1-5-6-7-8-9-10-13-19(24(31-2,32-3)33-4)14-11-12-18-15-20(22(25,26)27)17-21(16-18)23(28,29)30/h15-17,19H,5-14H2,1-4H3. The van der Waals surface area contributed by atoms with Gasteiger partial charge in [0.05, 0.1) is 11.1 Å². The Morgan fingerprint density at radius 3 is 1.58 bits per heavy atom. The number of rotatable bonds is 15. The number of methoxy groups -OCH3 is 3. The Morgan fingerprint density at radius 2 is 1.12 bits per heavy atom. The van der Waals surface area contributed by atoms with Crippen LogP contribution in [-0.4, -0.2) is 27.3 Å². The van der Waals surface area contributed by atoms with Gasteiger partial charge in [-0.25, -0.2) is 0 Å². The number of ether oxygens (including phenoxy) is 3. The predicted octanol–water partition coefficient (Wildman–Crippen LogP) is 8.01. The largest absolute Gasteiger partial charge is 0.416 e. The molecular formula is C24H36F6O3. The zero-order chi connectivity index (χ0) is 25.1. The second-order valence-electron chi connectivity index (χ2n) is 8.28. The number of benzene rings is 1. The fourth-order valence-corrected chi connectivity index (χ4v) is 4.14. The quantitative estimate of drug-likeness (QED) is 0.143. The molecule has 0 amide bonds. The first-order valence-electron chi connectivity index (χ1n) is 11.4. The minimum atomic E-state index is -4.85. The third kappa shape index (κ3) is 9.45. The molecule has 1 aromatic carbocycles. The zero-order valence-corrected chi connectivity index (χ0v) is 19.9. The van der Waals surface area contributed by atoms with Gasteiger partial charge in [-0.2, -0.15) is 26.3 Å². The van der Waals surface area contributed by atoms with Gasteiger partial charge in [0.15, 0.2) is 0 Å². The lowest BCUT2D eigenvalue weighted by molar-refractivity contribution is -0.380. The van der Waals surface area contributed by atoms with Gasteiger partial charge in [0.25, 0.3) is 5.97 Å². The van der Waals surface area contributed by atoms with Crippen LogP contribution in [0.25, 0.3) is 0 Å². The molecule has 3 nitrogen and oxygen atoms in total. The van der Waals surface area contributed by atoms with E-state index >= 15 is 0 Å². The second kappa shape index (κ2) is 13.5. The van der Waals surface area contributed by atoms with E-state index in [2.05, 4.69) is 6.92 Å². The minimum Gasteiger partial charge on any atom is -0.331 e. The van der Waals surface area contributed by atoms with E-state index < -0.39 is 29.5 Å². The normalized spacial score (nSPS) is 14.0. The van der Waals surface area contributed by atoms with Crippen molar-refractivity contribution in [3.05, 3.63) is 34.9 Å². The van der Waals surface area contributed by atoms with Crippen molar-refractivity contribution in [1.29, 1.82) is 0 Å². The molecule has 0 saturated heterocycles. The third-order valence-corrected chi connectivity index (χ3v) is 5.93. The topological polar surface area (TPSA) is 27.7 Å². The molecule has 0 radical (unpaired) electrons. The van der Waals surface area contributed by atoms with Crippen LogP contribution in [0, 0.1) is 5.92 Å². The van der Waals surface area contributed by atoms with Crippen LogP contribution < -0.4 is 0 Å². The number of aryl methyl sites for hydroxylation is 1. The molecule has 1 atom stereocenters. The van der Waals surface area contributed by atoms with Gasteiger partial charge in [-0.1, -0.05) is 45.4 Å². The highest BCUT2D eigenvalue weighted by atomic mass is 19.4. The van der Waals surface area contributed by atoms with Crippen molar-refractivity contribution in [1.82, 2.24) is 0 Å². The molecule has 0 aromatic heterocycles. The highest BCUT2D eigenvalue weighted by Crippen LogP contribution is 2.37. The van der Waals surface area contributed by atoms with Crippen molar-refractivity contribution in [2.45, 2.75) is 89.5 Å². The maximum absolute atomic E-state index is 13.1. The number of alkyl halides is 6. The molecule has 33 heavy (non-hydrogen) atoms. The maximum Gasteiger partial charge on any atom is 0.416 e.